The Balaban J connectivity index is 2.00. The summed E-state index contributed by atoms with van der Waals surface area (Å²) in [5.74, 6) is -1.71. The molecule has 5 nitrogen and oxygen atoms in total. The molecule has 1 fully saturated rings. The molecule has 0 bridgehead atoms. The van der Waals surface area contributed by atoms with E-state index < -0.39 is 24.5 Å². The Morgan fingerprint density at radius 1 is 1.38 bits per heavy atom. The molecule has 1 saturated heterocycles. The van der Waals surface area contributed by atoms with Gasteiger partial charge < -0.3 is 15.4 Å². The van der Waals surface area contributed by atoms with Crippen molar-refractivity contribution in [2.24, 2.45) is 0 Å². The Labute approximate surface area is 135 Å². The number of halogens is 4. The molecule has 2 rings (SSSR count). The number of hydrogen-bond acceptors (Lipinski definition) is 3. The fourth-order valence-electron chi connectivity index (χ4n) is 2.34. The number of carbonyl (C=O) groups excluding carboxylic acids is 2. The first-order valence-corrected chi connectivity index (χ1v) is 7.31. The third-order valence-electron chi connectivity index (χ3n) is 3.36. The highest BCUT2D eigenvalue weighted by Gasteiger charge is 2.29. The molecule has 0 aliphatic carbocycles. The van der Waals surface area contributed by atoms with Crippen molar-refractivity contribution in [2.45, 2.75) is 37.9 Å². The second-order valence-electron chi connectivity index (χ2n) is 5.45. The number of carbonyl (C=O) groups is 2. The molecule has 9 heteroatoms. The van der Waals surface area contributed by atoms with Gasteiger partial charge in [-0.2, -0.15) is 13.2 Å². The molecular formula is C15H16F4N2O3. The molecule has 0 radical (unpaired) electrons. The lowest BCUT2D eigenvalue weighted by molar-refractivity contribution is -0.153. The smallest absolute Gasteiger partial charge is 0.422 e. The number of benzene rings is 1. The molecule has 24 heavy (non-hydrogen) atoms. The van der Waals surface area contributed by atoms with Crippen molar-refractivity contribution in [2.75, 3.05) is 11.9 Å². The SMILES string of the molecule is O=C(CC1CCCC(=O)N1)Nc1cc(F)ccc1OCC(F)(F)F. The average molecular weight is 348 g/mol. The Hall–Kier alpha value is -2.32. The van der Waals surface area contributed by atoms with Crippen LogP contribution in [0.5, 0.6) is 5.75 Å². The predicted octanol–water partition coefficient (Wildman–Crippen LogP) is 2.76. The zero-order valence-corrected chi connectivity index (χ0v) is 12.6. The molecule has 1 aromatic rings. The predicted molar refractivity (Wildman–Crippen MR) is 77.0 cm³/mol. The number of ether oxygens (including phenoxy) is 1. The third-order valence-corrected chi connectivity index (χ3v) is 3.36. The van der Waals surface area contributed by atoms with E-state index in [1.165, 1.54) is 0 Å². The second kappa shape index (κ2) is 7.50. The minimum Gasteiger partial charge on any atom is -0.482 e. The van der Waals surface area contributed by atoms with Crippen LogP contribution in [0.2, 0.25) is 0 Å². The van der Waals surface area contributed by atoms with Gasteiger partial charge in [0.1, 0.15) is 11.6 Å². The molecule has 2 N–H and O–H groups in total. The highest BCUT2D eigenvalue weighted by Crippen LogP contribution is 2.28. The van der Waals surface area contributed by atoms with Gasteiger partial charge >= 0.3 is 6.18 Å². The van der Waals surface area contributed by atoms with E-state index in [0.29, 0.717) is 19.3 Å². The Morgan fingerprint density at radius 2 is 2.12 bits per heavy atom. The zero-order valence-electron chi connectivity index (χ0n) is 12.6. The van der Waals surface area contributed by atoms with Crippen LogP contribution in [0.1, 0.15) is 25.7 Å². The van der Waals surface area contributed by atoms with Crippen molar-refractivity contribution in [3.63, 3.8) is 0 Å². The van der Waals surface area contributed by atoms with Crippen molar-refractivity contribution in [1.82, 2.24) is 5.32 Å². The number of amides is 2. The first-order valence-electron chi connectivity index (χ1n) is 7.31. The number of nitrogens with one attached hydrogen (secondary N) is 2. The lowest BCUT2D eigenvalue weighted by Crippen LogP contribution is -2.40. The highest BCUT2D eigenvalue weighted by molar-refractivity contribution is 5.93. The summed E-state index contributed by atoms with van der Waals surface area (Å²) in [5.41, 5.74) is -0.189. The Bertz CT molecular complexity index is 619. The maximum Gasteiger partial charge on any atom is 0.422 e. The van der Waals surface area contributed by atoms with Crippen LogP contribution in [-0.2, 0) is 9.59 Å². The quantitative estimate of drug-likeness (QED) is 0.804. The minimum atomic E-state index is -4.55. The van der Waals surface area contributed by atoms with Crippen molar-refractivity contribution >= 4 is 17.5 Å². The second-order valence-corrected chi connectivity index (χ2v) is 5.45. The third kappa shape index (κ3) is 5.71. The Kier molecular flexibility index (Phi) is 5.63. The monoisotopic (exact) mass is 348 g/mol. The van der Waals surface area contributed by atoms with E-state index in [4.69, 9.17) is 0 Å². The summed E-state index contributed by atoms with van der Waals surface area (Å²) >= 11 is 0. The molecule has 2 amide bonds. The topological polar surface area (TPSA) is 67.4 Å². The summed E-state index contributed by atoms with van der Waals surface area (Å²) in [6, 6.07) is 2.48. The lowest BCUT2D eigenvalue weighted by atomic mass is 10.0. The van der Waals surface area contributed by atoms with Gasteiger partial charge in [0.05, 0.1) is 5.69 Å². The van der Waals surface area contributed by atoms with E-state index in [0.717, 1.165) is 18.2 Å². The number of piperidine rings is 1. The summed E-state index contributed by atoms with van der Waals surface area (Å²) in [6.45, 7) is -1.56. The van der Waals surface area contributed by atoms with Gasteiger partial charge in [0, 0.05) is 24.9 Å². The summed E-state index contributed by atoms with van der Waals surface area (Å²) in [7, 11) is 0. The molecule has 132 valence electrons. The lowest BCUT2D eigenvalue weighted by Gasteiger charge is -2.23. The van der Waals surface area contributed by atoms with Crippen LogP contribution in [0, 0.1) is 5.82 Å². The molecule has 0 spiro atoms. The zero-order chi connectivity index (χ0) is 17.7. The molecule has 1 aliphatic heterocycles. The highest BCUT2D eigenvalue weighted by atomic mass is 19.4. The fourth-order valence-corrected chi connectivity index (χ4v) is 2.34. The average Bonchev–Trinajstić information content (AvgIpc) is 2.45. The molecule has 1 aromatic carbocycles. The molecule has 1 aliphatic rings. The van der Waals surface area contributed by atoms with Crippen molar-refractivity contribution < 1.29 is 31.9 Å². The van der Waals surface area contributed by atoms with Crippen molar-refractivity contribution in [1.29, 1.82) is 0 Å². The number of anilines is 1. The molecule has 1 unspecified atom stereocenters. The molecule has 1 atom stereocenters. The van der Waals surface area contributed by atoms with Crippen LogP contribution in [-0.4, -0.2) is 30.6 Å². The van der Waals surface area contributed by atoms with E-state index in [2.05, 4.69) is 15.4 Å². The van der Waals surface area contributed by atoms with Crippen LogP contribution in [0.15, 0.2) is 18.2 Å². The van der Waals surface area contributed by atoms with Gasteiger partial charge in [0.25, 0.3) is 0 Å². The fraction of sp³-hybridized carbons (Fsp3) is 0.467. The number of alkyl halides is 3. The van der Waals surface area contributed by atoms with Gasteiger partial charge in [0.15, 0.2) is 6.61 Å². The summed E-state index contributed by atoms with van der Waals surface area (Å²) < 4.78 is 54.6. The molecule has 0 saturated carbocycles. The van der Waals surface area contributed by atoms with Gasteiger partial charge in [-0.05, 0) is 25.0 Å². The van der Waals surface area contributed by atoms with Crippen LogP contribution in [0.25, 0.3) is 0 Å². The summed E-state index contributed by atoms with van der Waals surface area (Å²) in [6.07, 6.45) is -2.93. The maximum absolute atomic E-state index is 13.3. The molecule has 0 aromatic heterocycles. The minimum absolute atomic E-state index is 0.0546. The first-order chi connectivity index (χ1) is 11.2. The van der Waals surface area contributed by atoms with Gasteiger partial charge in [0.2, 0.25) is 11.8 Å². The van der Waals surface area contributed by atoms with E-state index in [-0.39, 0.29) is 29.8 Å². The van der Waals surface area contributed by atoms with Crippen LogP contribution < -0.4 is 15.4 Å². The van der Waals surface area contributed by atoms with Crippen molar-refractivity contribution in [3.8, 4) is 5.75 Å². The van der Waals surface area contributed by atoms with Crippen LogP contribution in [0.4, 0.5) is 23.2 Å². The number of rotatable bonds is 5. The largest absolute Gasteiger partial charge is 0.482 e. The standard InChI is InChI=1S/C15H16F4N2O3/c16-9-4-5-12(24-8-15(17,18)19)11(6-9)21-14(23)7-10-2-1-3-13(22)20-10/h4-6,10H,1-3,7-8H2,(H,20,22)(H,21,23). The maximum atomic E-state index is 13.3. The van der Waals surface area contributed by atoms with Crippen LogP contribution >= 0.6 is 0 Å². The van der Waals surface area contributed by atoms with Gasteiger partial charge in [-0.1, -0.05) is 0 Å². The van der Waals surface area contributed by atoms with E-state index >= 15 is 0 Å². The molecular weight excluding hydrogens is 332 g/mol. The first kappa shape index (κ1) is 18.0. The normalized spacial score (nSPS) is 18.0. The van der Waals surface area contributed by atoms with E-state index in [9.17, 15) is 27.2 Å². The number of hydrogen-bond donors (Lipinski definition) is 2. The van der Waals surface area contributed by atoms with Gasteiger partial charge in [-0.15, -0.1) is 0 Å². The van der Waals surface area contributed by atoms with Crippen molar-refractivity contribution in [3.05, 3.63) is 24.0 Å². The summed E-state index contributed by atoms with van der Waals surface area (Å²) in [4.78, 5) is 23.3. The molecule has 1 heterocycles. The Morgan fingerprint density at radius 3 is 2.79 bits per heavy atom. The van der Waals surface area contributed by atoms with E-state index in [1.807, 2.05) is 0 Å². The van der Waals surface area contributed by atoms with Gasteiger partial charge in [-0.3, -0.25) is 9.59 Å². The van der Waals surface area contributed by atoms with Crippen LogP contribution in [0.3, 0.4) is 0 Å². The summed E-state index contributed by atoms with van der Waals surface area (Å²) in [5, 5.41) is 4.98. The van der Waals surface area contributed by atoms with Gasteiger partial charge in [-0.25, -0.2) is 4.39 Å². The van der Waals surface area contributed by atoms with E-state index in [1.54, 1.807) is 0 Å².